The van der Waals surface area contributed by atoms with Crippen molar-refractivity contribution in [3.8, 4) is 0 Å². The molecule has 0 aromatic heterocycles. The number of rotatable bonds is 19. The van der Waals surface area contributed by atoms with Gasteiger partial charge < -0.3 is 9.84 Å². The van der Waals surface area contributed by atoms with Crippen molar-refractivity contribution in [3.63, 3.8) is 0 Å². The molecule has 1 unspecified atom stereocenters. The van der Waals surface area contributed by atoms with Gasteiger partial charge in [-0.2, -0.15) is 0 Å². The van der Waals surface area contributed by atoms with Crippen molar-refractivity contribution in [2.45, 2.75) is 123 Å². The number of hydrogen-bond donors (Lipinski definition) is 1. The first-order chi connectivity index (χ1) is 14.7. The monoisotopic (exact) mass is 418 g/mol. The van der Waals surface area contributed by atoms with E-state index >= 15 is 0 Å². The lowest BCUT2D eigenvalue weighted by molar-refractivity contribution is 0.0421. The smallest absolute Gasteiger partial charge is 0.338 e. The third-order valence-corrected chi connectivity index (χ3v) is 5.86. The Bertz CT molecular complexity index is 541. The van der Waals surface area contributed by atoms with Crippen LogP contribution in [0.4, 0.5) is 0 Å². The van der Waals surface area contributed by atoms with Gasteiger partial charge in [0.2, 0.25) is 0 Å². The van der Waals surface area contributed by atoms with E-state index < -0.39 is 0 Å². The quantitative estimate of drug-likeness (QED) is 0.185. The molecule has 1 N–H and O–H groups in total. The van der Waals surface area contributed by atoms with E-state index in [1.54, 1.807) is 0 Å². The summed E-state index contributed by atoms with van der Waals surface area (Å²) in [5.41, 5.74) is 1.73. The first kappa shape index (κ1) is 26.7. The van der Waals surface area contributed by atoms with Crippen LogP contribution in [-0.2, 0) is 11.2 Å². The van der Waals surface area contributed by atoms with Gasteiger partial charge in [0, 0.05) is 6.42 Å². The lowest BCUT2D eigenvalue weighted by Gasteiger charge is -2.12. The fourth-order valence-corrected chi connectivity index (χ4v) is 3.86. The molecule has 1 aromatic rings. The molecule has 0 aliphatic carbocycles. The summed E-state index contributed by atoms with van der Waals surface area (Å²) >= 11 is 0. The molecule has 0 saturated heterocycles. The molecule has 3 nitrogen and oxygen atoms in total. The van der Waals surface area contributed by atoms with Crippen LogP contribution < -0.4 is 0 Å². The molecule has 0 radical (unpaired) electrons. The van der Waals surface area contributed by atoms with E-state index in [1.807, 2.05) is 24.3 Å². The second-order valence-corrected chi connectivity index (χ2v) is 8.66. The van der Waals surface area contributed by atoms with Crippen LogP contribution in [0.5, 0.6) is 0 Å². The zero-order chi connectivity index (χ0) is 21.9. The molecule has 0 fully saturated rings. The molecule has 30 heavy (non-hydrogen) atoms. The summed E-state index contributed by atoms with van der Waals surface area (Å²) in [4.78, 5) is 12.4. The van der Waals surface area contributed by atoms with E-state index in [2.05, 4.69) is 13.8 Å². The summed E-state index contributed by atoms with van der Waals surface area (Å²) in [5, 5.41) is 10.2. The van der Waals surface area contributed by atoms with Crippen molar-refractivity contribution in [2.75, 3.05) is 6.61 Å². The minimum atomic E-state index is -0.369. The Morgan fingerprint density at radius 3 is 2.00 bits per heavy atom. The van der Waals surface area contributed by atoms with Crippen LogP contribution in [0.1, 0.15) is 126 Å². The van der Waals surface area contributed by atoms with E-state index in [-0.39, 0.29) is 12.1 Å². The Labute approximate surface area is 185 Å². The molecule has 3 heteroatoms. The summed E-state index contributed by atoms with van der Waals surface area (Å²) in [6, 6.07) is 7.70. The number of aliphatic hydroxyl groups excluding tert-OH is 1. The lowest BCUT2D eigenvalue weighted by atomic mass is 10.0. The molecule has 1 aromatic carbocycles. The van der Waals surface area contributed by atoms with Crippen LogP contribution in [0, 0.1) is 0 Å². The summed E-state index contributed by atoms with van der Waals surface area (Å²) in [6.45, 7) is 4.70. The third kappa shape index (κ3) is 13.1. The van der Waals surface area contributed by atoms with Crippen molar-refractivity contribution in [3.05, 3.63) is 35.4 Å². The van der Waals surface area contributed by atoms with E-state index in [1.165, 1.54) is 64.2 Å². The van der Waals surface area contributed by atoms with Crippen LogP contribution in [0.3, 0.4) is 0 Å². The van der Waals surface area contributed by atoms with Crippen LogP contribution in [0.25, 0.3) is 0 Å². The van der Waals surface area contributed by atoms with Crippen molar-refractivity contribution < 1.29 is 14.6 Å². The standard InChI is InChI=1S/C27H46O3/c1-3-5-7-8-9-10-11-12-13-14-15-20-25(28)22-23-30-27(29)26-21-17-16-19-24(26)18-6-4-2/h16-17,19,21,25,28H,3-15,18,20,22-23H2,1-2H3. The van der Waals surface area contributed by atoms with Gasteiger partial charge in [0.15, 0.2) is 0 Å². The lowest BCUT2D eigenvalue weighted by Crippen LogP contribution is -2.14. The van der Waals surface area contributed by atoms with Gasteiger partial charge in [-0.3, -0.25) is 0 Å². The molecule has 0 bridgehead atoms. The highest BCUT2D eigenvalue weighted by molar-refractivity contribution is 5.91. The summed E-state index contributed by atoms with van der Waals surface area (Å²) in [6.07, 6.45) is 18.5. The maximum Gasteiger partial charge on any atom is 0.338 e. The normalized spacial score (nSPS) is 12.1. The fraction of sp³-hybridized carbons (Fsp3) is 0.741. The Hall–Kier alpha value is -1.35. The average molecular weight is 419 g/mol. The first-order valence-electron chi connectivity index (χ1n) is 12.6. The molecule has 0 heterocycles. The van der Waals surface area contributed by atoms with Gasteiger partial charge in [-0.05, 0) is 30.9 Å². The molecular formula is C27H46O3. The molecule has 0 amide bonds. The van der Waals surface area contributed by atoms with E-state index in [0.29, 0.717) is 18.6 Å². The Morgan fingerprint density at radius 1 is 0.800 bits per heavy atom. The maximum absolute atomic E-state index is 12.4. The van der Waals surface area contributed by atoms with Gasteiger partial charge in [-0.1, -0.05) is 109 Å². The number of ether oxygens (including phenoxy) is 1. The minimum Gasteiger partial charge on any atom is -0.462 e. The largest absolute Gasteiger partial charge is 0.462 e. The number of benzene rings is 1. The summed E-state index contributed by atoms with van der Waals surface area (Å²) in [5.74, 6) is -0.261. The zero-order valence-electron chi connectivity index (χ0n) is 19.7. The van der Waals surface area contributed by atoms with E-state index in [4.69, 9.17) is 4.74 Å². The molecule has 0 spiro atoms. The average Bonchev–Trinajstić information content (AvgIpc) is 2.76. The van der Waals surface area contributed by atoms with Gasteiger partial charge in [0.25, 0.3) is 0 Å². The number of aryl methyl sites for hydroxylation is 1. The minimum absolute atomic E-state index is 0.261. The molecule has 0 aliphatic heterocycles. The second-order valence-electron chi connectivity index (χ2n) is 8.66. The Balaban J connectivity index is 2.04. The van der Waals surface area contributed by atoms with Crippen molar-refractivity contribution in [2.24, 2.45) is 0 Å². The first-order valence-corrected chi connectivity index (χ1v) is 12.6. The van der Waals surface area contributed by atoms with Gasteiger partial charge in [0.1, 0.15) is 0 Å². The fourth-order valence-electron chi connectivity index (χ4n) is 3.86. The maximum atomic E-state index is 12.4. The highest BCUT2D eigenvalue weighted by atomic mass is 16.5. The molecule has 1 rings (SSSR count). The summed E-state index contributed by atoms with van der Waals surface area (Å²) < 4.78 is 5.43. The number of unbranched alkanes of at least 4 members (excludes halogenated alkanes) is 11. The SMILES string of the molecule is CCCCCCCCCCCCCC(O)CCOC(=O)c1ccccc1CCCC. The number of hydrogen-bond acceptors (Lipinski definition) is 3. The third-order valence-electron chi connectivity index (χ3n) is 5.86. The number of aliphatic hydroxyl groups is 1. The number of carbonyl (C=O) groups excluding carboxylic acids is 1. The number of carbonyl (C=O) groups is 1. The van der Waals surface area contributed by atoms with Crippen molar-refractivity contribution >= 4 is 5.97 Å². The van der Waals surface area contributed by atoms with Crippen LogP contribution >= 0.6 is 0 Å². The second kappa shape index (κ2) is 18.4. The van der Waals surface area contributed by atoms with Crippen molar-refractivity contribution in [1.29, 1.82) is 0 Å². The highest BCUT2D eigenvalue weighted by Crippen LogP contribution is 2.15. The zero-order valence-corrected chi connectivity index (χ0v) is 19.7. The van der Waals surface area contributed by atoms with Crippen LogP contribution in [0.2, 0.25) is 0 Å². The molecule has 0 saturated carbocycles. The molecule has 0 aliphatic rings. The van der Waals surface area contributed by atoms with Gasteiger partial charge in [-0.15, -0.1) is 0 Å². The van der Waals surface area contributed by atoms with Crippen LogP contribution in [0.15, 0.2) is 24.3 Å². The van der Waals surface area contributed by atoms with E-state index in [9.17, 15) is 9.90 Å². The van der Waals surface area contributed by atoms with Gasteiger partial charge in [0.05, 0.1) is 18.3 Å². The van der Waals surface area contributed by atoms with Gasteiger partial charge in [-0.25, -0.2) is 4.79 Å². The predicted octanol–water partition coefficient (Wildman–Crippen LogP) is 7.64. The van der Waals surface area contributed by atoms with E-state index in [0.717, 1.165) is 37.7 Å². The Kier molecular flexibility index (Phi) is 16.4. The highest BCUT2D eigenvalue weighted by Gasteiger charge is 2.13. The van der Waals surface area contributed by atoms with Crippen molar-refractivity contribution in [1.82, 2.24) is 0 Å². The summed E-state index contributed by atoms with van der Waals surface area (Å²) in [7, 11) is 0. The van der Waals surface area contributed by atoms with Gasteiger partial charge >= 0.3 is 5.97 Å². The molecule has 172 valence electrons. The Morgan fingerprint density at radius 2 is 1.37 bits per heavy atom. The predicted molar refractivity (Wildman–Crippen MR) is 127 cm³/mol. The number of esters is 1. The topological polar surface area (TPSA) is 46.5 Å². The molecular weight excluding hydrogens is 372 g/mol. The van der Waals surface area contributed by atoms with Crippen LogP contribution in [-0.4, -0.2) is 23.8 Å². The molecule has 1 atom stereocenters.